The molecule has 1 fully saturated rings. The third-order valence-corrected chi connectivity index (χ3v) is 4.47. The first-order valence-electron chi connectivity index (χ1n) is 8.93. The number of nitrogens with zero attached hydrogens (tertiary/aromatic N) is 1. The number of piperidine rings is 1. The van der Waals surface area contributed by atoms with E-state index in [4.69, 9.17) is 4.74 Å². The molecule has 1 aromatic rings. The molecular formula is C19H29N3O3. The van der Waals surface area contributed by atoms with E-state index in [1.165, 1.54) is 0 Å². The predicted molar refractivity (Wildman–Crippen MR) is 97.4 cm³/mol. The smallest absolute Gasteiger partial charge is 0.317 e. The van der Waals surface area contributed by atoms with Crippen LogP contribution in [0, 0.1) is 11.8 Å². The zero-order valence-electron chi connectivity index (χ0n) is 15.4. The number of carbonyl (C=O) groups is 2. The molecule has 1 atom stereocenters. The van der Waals surface area contributed by atoms with Crippen molar-refractivity contribution in [1.29, 1.82) is 0 Å². The number of nitrogens with one attached hydrogen (secondary N) is 2. The topological polar surface area (TPSA) is 70.7 Å². The molecule has 2 N–H and O–H groups in total. The summed E-state index contributed by atoms with van der Waals surface area (Å²) >= 11 is 0. The first kappa shape index (κ1) is 19.1. The highest BCUT2D eigenvalue weighted by Gasteiger charge is 2.24. The predicted octanol–water partition coefficient (Wildman–Crippen LogP) is 2.39. The van der Waals surface area contributed by atoms with Gasteiger partial charge in [-0.15, -0.1) is 0 Å². The summed E-state index contributed by atoms with van der Waals surface area (Å²) < 4.78 is 5.20. The second-order valence-corrected chi connectivity index (χ2v) is 6.86. The van der Waals surface area contributed by atoms with Crippen molar-refractivity contribution in [3.05, 3.63) is 29.8 Å². The number of methoxy groups -OCH3 is 1. The van der Waals surface area contributed by atoms with Crippen molar-refractivity contribution < 1.29 is 14.3 Å². The molecular weight excluding hydrogens is 318 g/mol. The number of urea groups is 1. The Labute approximate surface area is 149 Å². The van der Waals surface area contributed by atoms with Crippen LogP contribution < -0.4 is 15.4 Å². The largest absolute Gasteiger partial charge is 0.497 e. The third kappa shape index (κ3) is 5.96. The van der Waals surface area contributed by atoms with Crippen LogP contribution in [0.3, 0.4) is 0 Å². The van der Waals surface area contributed by atoms with Crippen LogP contribution in [0.4, 0.5) is 4.79 Å². The molecule has 0 radical (unpaired) electrons. The fourth-order valence-corrected chi connectivity index (χ4v) is 2.94. The molecule has 1 unspecified atom stereocenters. The van der Waals surface area contributed by atoms with Crippen LogP contribution in [0.5, 0.6) is 5.75 Å². The molecule has 1 aliphatic heterocycles. The number of amides is 3. The fourth-order valence-electron chi connectivity index (χ4n) is 2.94. The minimum Gasteiger partial charge on any atom is -0.497 e. The Hall–Kier alpha value is -2.24. The Bertz CT molecular complexity index is 589. The Morgan fingerprint density at radius 1 is 1.32 bits per heavy atom. The molecule has 1 aromatic carbocycles. The van der Waals surface area contributed by atoms with Crippen molar-refractivity contribution >= 4 is 11.9 Å². The summed E-state index contributed by atoms with van der Waals surface area (Å²) in [5.74, 6) is 1.16. The summed E-state index contributed by atoms with van der Waals surface area (Å²) in [7, 11) is 1.63. The van der Waals surface area contributed by atoms with Gasteiger partial charge >= 0.3 is 6.03 Å². The minimum absolute atomic E-state index is 0.00847. The zero-order valence-corrected chi connectivity index (χ0v) is 15.4. The van der Waals surface area contributed by atoms with Crippen molar-refractivity contribution in [1.82, 2.24) is 15.5 Å². The summed E-state index contributed by atoms with van der Waals surface area (Å²) in [5, 5.41) is 5.94. The van der Waals surface area contributed by atoms with Crippen LogP contribution in [-0.4, -0.2) is 43.6 Å². The fraction of sp³-hybridized carbons (Fsp3) is 0.579. The van der Waals surface area contributed by atoms with E-state index in [0.29, 0.717) is 25.6 Å². The van der Waals surface area contributed by atoms with E-state index in [1.54, 1.807) is 7.11 Å². The zero-order chi connectivity index (χ0) is 18.2. The lowest BCUT2D eigenvalue weighted by atomic mass is 9.98. The summed E-state index contributed by atoms with van der Waals surface area (Å²) in [5.41, 5.74) is 1.01. The minimum atomic E-state index is -0.0530. The van der Waals surface area contributed by atoms with Crippen molar-refractivity contribution in [3.63, 3.8) is 0 Å². The lowest BCUT2D eigenvalue weighted by molar-refractivity contribution is -0.124. The number of carbonyl (C=O) groups excluding carboxylic acids is 2. The Morgan fingerprint density at radius 2 is 2.12 bits per heavy atom. The highest BCUT2D eigenvalue weighted by atomic mass is 16.5. The maximum absolute atomic E-state index is 12.4. The van der Waals surface area contributed by atoms with E-state index in [-0.39, 0.29) is 17.9 Å². The molecule has 3 amide bonds. The monoisotopic (exact) mass is 347 g/mol. The summed E-state index contributed by atoms with van der Waals surface area (Å²) in [4.78, 5) is 26.0. The van der Waals surface area contributed by atoms with E-state index in [1.807, 2.05) is 43.0 Å². The van der Waals surface area contributed by atoms with Gasteiger partial charge < -0.3 is 20.3 Å². The quantitative estimate of drug-likeness (QED) is 0.830. The molecule has 0 saturated carbocycles. The van der Waals surface area contributed by atoms with Gasteiger partial charge in [-0.2, -0.15) is 0 Å². The SMILES string of the molecule is COc1cccc(CNC(=O)N2CCCC(CNC(=O)C(C)C)C2)c1. The molecule has 0 aromatic heterocycles. The van der Waals surface area contributed by atoms with Gasteiger partial charge in [0.1, 0.15) is 5.75 Å². The van der Waals surface area contributed by atoms with E-state index in [0.717, 1.165) is 30.7 Å². The van der Waals surface area contributed by atoms with Crippen LogP contribution in [0.2, 0.25) is 0 Å². The van der Waals surface area contributed by atoms with Gasteiger partial charge in [0, 0.05) is 32.1 Å². The van der Waals surface area contributed by atoms with Gasteiger partial charge in [-0.3, -0.25) is 4.79 Å². The second-order valence-electron chi connectivity index (χ2n) is 6.86. The van der Waals surface area contributed by atoms with Gasteiger partial charge in [0.2, 0.25) is 5.91 Å². The molecule has 25 heavy (non-hydrogen) atoms. The molecule has 6 heteroatoms. The number of rotatable bonds is 6. The second kappa shape index (κ2) is 9.30. The Morgan fingerprint density at radius 3 is 2.84 bits per heavy atom. The van der Waals surface area contributed by atoms with Crippen molar-refractivity contribution in [2.45, 2.75) is 33.2 Å². The molecule has 1 heterocycles. The maximum Gasteiger partial charge on any atom is 0.317 e. The number of hydrogen-bond acceptors (Lipinski definition) is 3. The molecule has 6 nitrogen and oxygen atoms in total. The van der Waals surface area contributed by atoms with Gasteiger partial charge in [-0.1, -0.05) is 26.0 Å². The van der Waals surface area contributed by atoms with E-state index in [2.05, 4.69) is 10.6 Å². The van der Waals surface area contributed by atoms with E-state index < -0.39 is 0 Å². The number of hydrogen-bond donors (Lipinski definition) is 2. The molecule has 1 saturated heterocycles. The van der Waals surface area contributed by atoms with Gasteiger partial charge in [0.25, 0.3) is 0 Å². The maximum atomic E-state index is 12.4. The molecule has 1 aliphatic rings. The number of likely N-dealkylation sites (tertiary alicyclic amines) is 1. The number of benzene rings is 1. The van der Waals surface area contributed by atoms with Crippen LogP contribution in [-0.2, 0) is 11.3 Å². The standard InChI is InChI=1S/C19H29N3O3/c1-14(2)18(23)20-12-16-7-5-9-22(13-16)19(24)21-11-15-6-4-8-17(10-15)25-3/h4,6,8,10,14,16H,5,7,9,11-13H2,1-3H3,(H,20,23)(H,21,24). The molecule has 0 bridgehead atoms. The summed E-state index contributed by atoms with van der Waals surface area (Å²) in [6.07, 6.45) is 2.01. The average molecular weight is 347 g/mol. The Balaban J connectivity index is 1.79. The first-order valence-corrected chi connectivity index (χ1v) is 8.93. The highest BCUT2D eigenvalue weighted by Crippen LogP contribution is 2.16. The molecule has 0 spiro atoms. The third-order valence-electron chi connectivity index (χ3n) is 4.47. The van der Waals surface area contributed by atoms with Gasteiger partial charge in [0.15, 0.2) is 0 Å². The van der Waals surface area contributed by atoms with Crippen molar-refractivity contribution in [3.8, 4) is 5.75 Å². The van der Waals surface area contributed by atoms with Crippen molar-refractivity contribution in [2.24, 2.45) is 11.8 Å². The Kier molecular flexibility index (Phi) is 7.10. The van der Waals surface area contributed by atoms with Gasteiger partial charge in [-0.05, 0) is 36.5 Å². The summed E-state index contributed by atoms with van der Waals surface area (Å²) in [6.45, 7) is 6.32. The molecule has 2 rings (SSSR count). The van der Waals surface area contributed by atoms with Crippen LogP contribution in [0.1, 0.15) is 32.3 Å². The number of ether oxygens (including phenoxy) is 1. The average Bonchev–Trinajstić information content (AvgIpc) is 2.64. The van der Waals surface area contributed by atoms with E-state index in [9.17, 15) is 9.59 Å². The molecule has 0 aliphatic carbocycles. The molecule has 138 valence electrons. The van der Waals surface area contributed by atoms with Crippen molar-refractivity contribution in [2.75, 3.05) is 26.7 Å². The summed E-state index contributed by atoms with van der Waals surface area (Å²) in [6, 6.07) is 7.62. The normalized spacial score (nSPS) is 17.3. The van der Waals surface area contributed by atoms with Gasteiger partial charge in [0.05, 0.1) is 7.11 Å². The lowest BCUT2D eigenvalue weighted by Gasteiger charge is -2.33. The highest BCUT2D eigenvalue weighted by molar-refractivity contribution is 5.77. The van der Waals surface area contributed by atoms with Crippen LogP contribution >= 0.6 is 0 Å². The van der Waals surface area contributed by atoms with Crippen LogP contribution in [0.15, 0.2) is 24.3 Å². The lowest BCUT2D eigenvalue weighted by Crippen LogP contribution is -2.47. The van der Waals surface area contributed by atoms with Crippen LogP contribution in [0.25, 0.3) is 0 Å². The van der Waals surface area contributed by atoms with Gasteiger partial charge in [-0.25, -0.2) is 4.79 Å². The first-order chi connectivity index (χ1) is 12.0. The van der Waals surface area contributed by atoms with E-state index >= 15 is 0 Å².